The van der Waals surface area contributed by atoms with Gasteiger partial charge in [-0.15, -0.1) is 5.10 Å². The molecule has 0 saturated heterocycles. The lowest BCUT2D eigenvalue weighted by Crippen LogP contribution is -2.35. The Morgan fingerprint density at radius 1 is 1.23 bits per heavy atom. The molecule has 0 saturated carbocycles. The Morgan fingerprint density at radius 2 is 2.00 bits per heavy atom. The van der Waals surface area contributed by atoms with Gasteiger partial charge in [-0.05, 0) is 49.0 Å². The van der Waals surface area contributed by atoms with Crippen LogP contribution < -0.4 is 14.8 Å². The van der Waals surface area contributed by atoms with E-state index in [4.69, 9.17) is 21.7 Å². The predicted octanol–water partition coefficient (Wildman–Crippen LogP) is 4.25. The van der Waals surface area contributed by atoms with Crippen molar-refractivity contribution in [1.82, 2.24) is 14.7 Å². The number of aliphatic hydroxyl groups excluding tert-OH is 1. The van der Waals surface area contributed by atoms with Gasteiger partial charge in [-0.3, -0.25) is 4.90 Å². The zero-order chi connectivity index (χ0) is 21.3. The van der Waals surface area contributed by atoms with Gasteiger partial charge in [0.25, 0.3) is 0 Å². The molecule has 9 heteroatoms. The van der Waals surface area contributed by atoms with Crippen LogP contribution in [0, 0.1) is 10.9 Å². The van der Waals surface area contributed by atoms with Crippen molar-refractivity contribution in [2.75, 3.05) is 26.1 Å². The molecule has 0 radical (unpaired) electrons. The highest BCUT2D eigenvalue weighted by molar-refractivity contribution is 7.73. The third-order valence-electron chi connectivity index (χ3n) is 5.07. The number of nitrogens with zero attached hydrogens (tertiary/aromatic N) is 3. The molecule has 0 bridgehead atoms. The van der Waals surface area contributed by atoms with E-state index in [9.17, 15) is 5.11 Å². The minimum Gasteiger partial charge on any atom is -0.496 e. The van der Waals surface area contributed by atoms with Gasteiger partial charge in [-0.1, -0.05) is 23.5 Å². The maximum absolute atomic E-state index is 10.8. The summed E-state index contributed by atoms with van der Waals surface area (Å²) >= 11 is 6.95. The van der Waals surface area contributed by atoms with Crippen LogP contribution >= 0.6 is 23.6 Å². The number of methoxy groups -OCH3 is 2. The number of hydrogen-bond acceptors (Lipinski definition) is 8. The van der Waals surface area contributed by atoms with Crippen LogP contribution in [-0.2, 0) is 13.2 Å². The fourth-order valence-corrected chi connectivity index (χ4v) is 4.75. The van der Waals surface area contributed by atoms with E-state index in [2.05, 4.69) is 34.4 Å². The lowest BCUT2D eigenvalue weighted by atomic mass is 9.95. The number of hydrogen-bond donors (Lipinski definition) is 2. The molecule has 7 nitrogen and oxygen atoms in total. The summed E-state index contributed by atoms with van der Waals surface area (Å²) in [6.07, 6.45) is -0.684. The van der Waals surface area contributed by atoms with Crippen molar-refractivity contribution in [3.63, 3.8) is 0 Å². The molecule has 0 aliphatic carbocycles. The number of rotatable bonds is 6. The second-order valence-electron chi connectivity index (χ2n) is 7.20. The van der Waals surface area contributed by atoms with Crippen LogP contribution in [0.25, 0.3) is 0 Å². The standard InChI is InChI=1S/C21H24N4O3S2/c1-13-5-4-6-14(9-13)22-20-23-25(21(29)30-20)12-24-10-15-17(27-2)7-8-18(28-3)19(15)16(26)11-24/h4-9,16,26H,10-12H2,1-3H3,(H,22,23). The highest BCUT2D eigenvalue weighted by Gasteiger charge is 2.30. The Morgan fingerprint density at radius 3 is 2.73 bits per heavy atom. The maximum Gasteiger partial charge on any atom is 0.209 e. The summed E-state index contributed by atoms with van der Waals surface area (Å²) in [5, 5.41) is 19.5. The topological polar surface area (TPSA) is 71.8 Å². The molecule has 30 heavy (non-hydrogen) atoms. The maximum atomic E-state index is 10.8. The van der Waals surface area contributed by atoms with Gasteiger partial charge in [-0.2, -0.15) is 0 Å². The van der Waals surface area contributed by atoms with Gasteiger partial charge in [0.2, 0.25) is 5.13 Å². The molecule has 1 atom stereocenters. The van der Waals surface area contributed by atoms with Crippen molar-refractivity contribution in [2.24, 2.45) is 0 Å². The number of benzene rings is 2. The summed E-state index contributed by atoms with van der Waals surface area (Å²) in [5.74, 6) is 1.41. The van der Waals surface area contributed by atoms with Gasteiger partial charge in [0.15, 0.2) is 3.95 Å². The first kappa shape index (κ1) is 20.8. The SMILES string of the molecule is COc1ccc(OC)c2c1CN(Cn1nc(Nc3cccc(C)c3)sc1=S)CC2O. The van der Waals surface area contributed by atoms with Crippen molar-refractivity contribution in [2.45, 2.75) is 26.2 Å². The minimum atomic E-state index is -0.684. The molecule has 1 aliphatic heterocycles. The third-order valence-corrected chi connectivity index (χ3v) is 6.29. The second kappa shape index (κ2) is 8.73. The number of aliphatic hydroxyl groups is 1. The zero-order valence-corrected chi connectivity index (χ0v) is 18.7. The van der Waals surface area contributed by atoms with Crippen molar-refractivity contribution >= 4 is 34.4 Å². The Kier molecular flexibility index (Phi) is 6.05. The number of anilines is 2. The molecule has 4 rings (SSSR count). The summed E-state index contributed by atoms with van der Waals surface area (Å²) in [4.78, 5) is 2.10. The summed E-state index contributed by atoms with van der Waals surface area (Å²) in [6, 6.07) is 11.8. The van der Waals surface area contributed by atoms with Crippen molar-refractivity contribution in [1.29, 1.82) is 0 Å². The smallest absolute Gasteiger partial charge is 0.209 e. The first-order chi connectivity index (χ1) is 14.5. The van der Waals surface area contributed by atoms with E-state index in [1.807, 2.05) is 24.3 Å². The van der Waals surface area contributed by atoms with Crippen molar-refractivity contribution in [3.05, 3.63) is 57.0 Å². The molecule has 1 aliphatic rings. The van der Waals surface area contributed by atoms with E-state index in [1.54, 1.807) is 18.9 Å². The molecule has 2 heterocycles. The number of fused-ring (bicyclic) bond motifs is 1. The number of aryl methyl sites for hydroxylation is 1. The van der Waals surface area contributed by atoms with E-state index in [-0.39, 0.29) is 0 Å². The summed E-state index contributed by atoms with van der Waals surface area (Å²) in [7, 11) is 3.24. The fourth-order valence-electron chi connectivity index (χ4n) is 3.73. The van der Waals surface area contributed by atoms with Gasteiger partial charge in [-0.25, -0.2) is 4.68 Å². The van der Waals surface area contributed by atoms with Gasteiger partial charge >= 0.3 is 0 Å². The molecular weight excluding hydrogens is 420 g/mol. The van der Waals surface area contributed by atoms with Crippen LogP contribution in [-0.4, -0.2) is 40.6 Å². The molecule has 0 amide bonds. The summed E-state index contributed by atoms with van der Waals surface area (Å²) < 4.78 is 13.4. The fraction of sp³-hybridized carbons (Fsp3) is 0.333. The van der Waals surface area contributed by atoms with E-state index >= 15 is 0 Å². The molecule has 0 spiro atoms. The van der Waals surface area contributed by atoms with Gasteiger partial charge in [0.05, 0.1) is 27.0 Å². The first-order valence-electron chi connectivity index (χ1n) is 9.54. The quantitative estimate of drug-likeness (QED) is 0.551. The number of aromatic nitrogens is 2. The highest BCUT2D eigenvalue weighted by Crippen LogP contribution is 2.39. The predicted molar refractivity (Wildman–Crippen MR) is 120 cm³/mol. The third kappa shape index (κ3) is 4.20. The largest absolute Gasteiger partial charge is 0.496 e. The van der Waals surface area contributed by atoms with Crippen LogP contribution in [0.15, 0.2) is 36.4 Å². The number of β-amino-alcohol motifs (C(OH)–C–C–N with tert-alkyl or cyclic N) is 1. The lowest BCUT2D eigenvalue weighted by molar-refractivity contribution is 0.0673. The second-order valence-corrected chi connectivity index (χ2v) is 8.82. The van der Waals surface area contributed by atoms with E-state index < -0.39 is 6.10 Å². The van der Waals surface area contributed by atoms with Crippen LogP contribution in [0.4, 0.5) is 10.8 Å². The van der Waals surface area contributed by atoms with Crippen LogP contribution in [0.2, 0.25) is 0 Å². The highest BCUT2D eigenvalue weighted by atomic mass is 32.1. The molecular formula is C21H24N4O3S2. The van der Waals surface area contributed by atoms with Crippen LogP contribution in [0.3, 0.4) is 0 Å². The Hall–Kier alpha value is -2.46. The zero-order valence-electron chi connectivity index (χ0n) is 17.1. The van der Waals surface area contributed by atoms with E-state index in [0.717, 1.165) is 27.7 Å². The van der Waals surface area contributed by atoms with Gasteiger partial charge < -0.3 is 19.9 Å². The Bertz CT molecular complexity index is 1110. The molecule has 2 N–H and O–H groups in total. The van der Waals surface area contributed by atoms with Crippen molar-refractivity contribution in [3.8, 4) is 11.5 Å². The molecule has 1 unspecified atom stereocenters. The average Bonchev–Trinajstić information content (AvgIpc) is 3.05. The monoisotopic (exact) mass is 444 g/mol. The van der Waals surface area contributed by atoms with Crippen LogP contribution in [0.5, 0.6) is 11.5 Å². The Labute approximate surface area is 184 Å². The molecule has 158 valence electrons. The molecule has 0 fully saturated rings. The Balaban J connectivity index is 1.55. The molecule has 2 aromatic carbocycles. The molecule has 1 aromatic heterocycles. The first-order valence-corrected chi connectivity index (χ1v) is 10.8. The summed E-state index contributed by atoms with van der Waals surface area (Å²) in [6.45, 7) is 3.58. The average molecular weight is 445 g/mol. The van der Waals surface area contributed by atoms with Crippen LogP contribution in [0.1, 0.15) is 22.8 Å². The van der Waals surface area contributed by atoms with E-state index in [1.165, 1.54) is 16.9 Å². The normalized spacial score (nSPS) is 16.2. The minimum absolute atomic E-state index is 0.455. The summed E-state index contributed by atoms with van der Waals surface area (Å²) in [5.41, 5.74) is 3.87. The number of ether oxygens (including phenoxy) is 2. The molecule has 3 aromatic rings. The van der Waals surface area contributed by atoms with E-state index in [0.29, 0.717) is 29.5 Å². The van der Waals surface area contributed by atoms with Gasteiger partial charge in [0, 0.05) is 29.9 Å². The lowest BCUT2D eigenvalue weighted by Gasteiger charge is -2.33. The van der Waals surface area contributed by atoms with Crippen molar-refractivity contribution < 1.29 is 14.6 Å². The van der Waals surface area contributed by atoms with Gasteiger partial charge in [0.1, 0.15) is 11.5 Å². The number of nitrogens with one attached hydrogen (secondary N) is 1.